The van der Waals surface area contributed by atoms with Crippen LogP contribution in [0.15, 0.2) is 12.1 Å². The Labute approximate surface area is 93.2 Å². The van der Waals surface area contributed by atoms with Crippen LogP contribution in [0.3, 0.4) is 0 Å². The molecule has 0 saturated heterocycles. The molecule has 2 nitrogen and oxygen atoms in total. The highest BCUT2D eigenvalue weighted by Crippen LogP contribution is 2.26. The zero-order chi connectivity index (χ0) is 11.6. The van der Waals surface area contributed by atoms with Gasteiger partial charge in [-0.15, -0.1) is 0 Å². The minimum Gasteiger partial charge on any atom is -0.324 e. The molecule has 82 valence electrons. The Morgan fingerprint density at radius 2 is 2.20 bits per heavy atom. The molecule has 0 fully saturated rings. The molecule has 0 saturated carbocycles. The van der Waals surface area contributed by atoms with Gasteiger partial charge >= 0.3 is 0 Å². The van der Waals surface area contributed by atoms with Crippen molar-refractivity contribution in [2.75, 3.05) is 0 Å². The molecule has 1 rings (SSSR count). The number of hydrogen-bond acceptors (Lipinski definition) is 2. The largest absolute Gasteiger partial charge is 0.324 e. The summed E-state index contributed by atoms with van der Waals surface area (Å²) in [6.45, 7) is 3.07. The van der Waals surface area contributed by atoms with E-state index in [-0.39, 0.29) is 18.0 Å². The molecule has 1 aromatic carbocycles. The molecular formula is C11H13ClFNO. The molecule has 0 aliphatic heterocycles. The first-order valence-corrected chi connectivity index (χ1v) is 5.00. The highest BCUT2D eigenvalue weighted by Gasteiger charge is 2.14. The van der Waals surface area contributed by atoms with Crippen molar-refractivity contribution in [2.24, 2.45) is 5.73 Å². The fourth-order valence-corrected chi connectivity index (χ4v) is 1.72. The summed E-state index contributed by atoms with van der Waals surface area (Å²) in [6, 6.07) is 2.28. The van der Waals surface area contributed by atoms with Gasteiger partial charge in [-0.1, -0.05) is 11.6 Å². The molecule has 0 bridgehead atoms. The summed E-state index contributed by atoms with van der Waals surface area (Å²) < 4.78 is 13.3. The van der Waals surface area contributed by atoms with E-state index in [2.05, 4.69) is 0 Å². The lowest BCUT2D eigenvalue weighted by atomic mass is 10.0. The van der Waals surface area contributed by atoms with Crippen LogP contribution in [-0.4, -0.2) is 5.78 Å². The van der Waals surface area contributed by atoms with Gasteiger partial charge in [0, 0.05) is 17.5 Å². The maximum atomic E-state index is 13.3. The molecule has 2 N–H and O–H groups in total. The summed E-state index contributed by atoms with van der Waals surface area (Å²) in [7, 11) is 0. The highest BCUT2D eigenvalue weighted by atomic mass is 35.5. The van der Waals surface area contributed by atoms with Gasteiger partial charge in [0.2, 0.25) is 0 Å². The SMILES string of the molecule is CC(=O)CC(N)c1cc(F)c(C)cc1Cl. The van der Waals surface area contributed by atoms with E-state index in [1.807, 2.05) is 0 Å². The number of rotatable bonds is 3. The molecule has 1 aromatic rings. The van der Waals surface area contributed by atoms with Crippen LogP contribution in [0.2, 0.25) is 5.02 Å². The quantitative estimate of drug-likeness (QED) is 0.866. The Morgan fingerprint density at radius 1 is 1.60 bits per heavy atom. The number of halogens is 2. The van der Waals surface area contributed by atoms with Gasteiger partial charge in [-0.05, 0) is 37.1 Å². The number of aryl methyl sites for hydroxylation is 1. The normalized spacial score (nSPS) is 12.6. The van der Waals surface area contributed by atoms with E-state index in [0.29, 0.717) is 16.1 Å². The van der Waals surface area contributed by atoms with Crippen molar-refractivity contribution < 1.29 is 9.18 Å². The second-order valence-corrected chi connectivity index (χ2v) is 4.04. The van der Waals surface area contributed by atoms with E-state index in [0.717, 1.165) is 0 Å². The number of Topliss-reactive ketones (excluding diaryl/α,β-unsaturated/α-hetero) is 1. The monoisotopic (exact) mass is 229 g/mol. The molecule has 0 radical (unpaired) electrons. The van der Waals surface area contributed by atoms with Crippen molar-refractivity contribution in [3.05, 3.63) is 34.1 Å². The van der Waals surface area contributed by atoms with Crippen molar-refractivity contribution >= 4 is 17.4 Å². The van der Waals surface area contributed by atoms with Crippen molar-refractivity contribution in [2.45, 2.75) is 26.3 Å². The lowest BCUT2D eigenvalue weighted by molar-refractivity contribution is -0.117. The van der Waals surface area contributed by atoms with Crippen LogP contribution in [0, 0.1) is 12.7 Å². The first-order chi connectivity index (χ1) is 6.91. The predicted octanol–water partition coefficient (Wildman–Crippen LogP) is 2.77. The van der Waals surface area contributed by atoms with Crippen LogP contribution in [0.5, 0.6) is 0 Å². The van der Waals surface area contributed by atoms with Crippen LogP contribution in [0.25, 0.3) is 0 Å². The van der Waals surface area contributed by atoms with Crippen LogP contribution in [0.4, 0.5) is 4.39 Å². The van der Waals surface area contributed by atoms with Gasteiger partial charge in [0.1, 0.15) is 11.6 Å². The lowest BCUT2D eigenvalue weighted by Crippen LogP contribution is -2.14. The molecule has 0 aromatic heterocycles. The number of carbonyl (C=O) groups is 1. The summed E-state index contributed by atoms with van der Waals surface area (Å²) in [6.07, 6.45) is 0.169. The van der Waals surface area contributed by atoms with E-state index >= 15 is 0 Å². The summed E-state index contributed by atoms with van der Waals surface area (Å²) in [4.78, 5) is 10.9. The second-order valence-electron chi connectivity index (χ2n) is 3.64. The van der Waals surface area contributed by atoms with Crippen LogP contribution >= 0.6 is 11.6 Å². The van der Waals surface area contributed by atoms with E-state index in [4.69, 9.17) is 17.3 Å². The second kappa shape index (κ2) is 4.73. The molecule has 1 atom stereocenters. The Bertz CT molecular complexity index is 392. The van der Waals surface area contributed by atoms with Gasteiger partial charge in [-0.25, -0.2) is 4.39 Å². The fraction of sp³-hybridized carbons (Fsp3) is 0.364. The number of nitrogens with two attached hydrogens (primary N) is 1. The first kappa shape index (κ1) is 12.1. The maximum absolute atomic E-state index is 13.3. The molecule has 0 aliphatic rings. The van der Waals surface area contributed by atoms with Crippen molar-refractivity contribution in [3.8, 4) is 0 Å². The van der Waals surface area contributed by atoms with Crippen LogP contribution in [0.1, 0.15) is 30.5 Å². The van der Waals surface area contributed by atoms with E-state index in [9.17, 15) is 9.18 Å². The molecule has 0 heterocycles. The lowest BCUT2D eigenvalue weighted by Gasteiger charge is -2.13. The third kappa shape index (κ3) is 3.01. The molecule has 15 heavy (non-hydrogen) atoms. The zero-order valence-electron chi connectivity index (χ0n) is 8.68. The maximum Gasteiger partial charge on any atom is 0.131 e. The van der Waals surface area contributed by atoms with Gasteiger partial charge in [-0.2, -0.15) is 0 Å². The van der Waals surface area contributed by atoms with Gasteiger partial charge in [0.25, 0.3) is 0 Å². The van der Waals surface area contributed by atoms with Gasteiger partial charge < -0.3 is 5.73 Å². The Balaban J connectivity index is 3.03. The Hall–Kier alpha value is -0.930. The molecule has 4 heteroatoms. The highest BCUT2D eigenvalue weighted by molar-refractivity contribution is 6.31. The smallest absolute Gasteiger partial charge is 0.131 e. The number of hydrogen-bond donors (Lipinski definition) is 1. The van der Waals surface area contributed by atoms with E-state index < -0.39 is 6.04 Å². The molecule has 0 aliphatic carbocycles. The first-order valence-electron chi connectivity index (χ1n) is 4.62. The Morgan fingerprint density at radius 3 is 2.73 bits per heavy atom. The summed E-state index contributed by atoms with van der Waals surface area (Å²) in [5, 5.41) is 0.405. The van der Waals surface area contributed by atoms with Gasteiger partial charge in [-0.3, -0.25) is 4.79 Å². The van der Waals surface area contributed by atoms with Crippen molar-refractivity contribution in [3.63, 3.8) is 0 Å². The number of carbonyl (C=O) groups excluding carboxylic acids is 1. The average Bonchev–Trinajstić information content (AvgIpc) is 2.09. The summed E-state index contributed by atoms with van der Waals surface area (Å²) in [5.74, 6) is -0.395. The standard InChI is InChI=1S/C11H13ClFNO/c1-6-3-9(12)8(5-10(6)13)11(14)4-7(2)15/h3,5,11H,4,14H2,1-2H3. The third-order valence-corrected chi connectivity index (χ3v) is 2.51. The minimum absolute atomic E-state index is 0.0421. The van der Waals surface area contributed by atoms with Crippen molar-refractivity contribution in [1.29, 1.82) is 0 Å². The number of ketones is 1. The topological polar surface area (TPSA) is 43.1 Å². The van der Waals surface area contributed by atoms with E-state index in [1.54, 1.807) is 6.92 Å². The molecular weight excluding hydrogens is 217 g/mol. The third-order valence-electron chi connectivity index (χ3n) is 2.18. The van der Waals surface area contributed by atoms with Crippen LogP contribution in [-0.2, 0) is 4.79 Å². The number of benzene rings is 1. The van der Waals surface area contributed by atoms with Crippen molar-refractivity contribution in [1.82, 2.24) is 0 Å². The molecule has 0 spiro atoms. The molecule has 0 amide bonds. The minimum atomic E-state index is -0.537. The van der Waals surface area contributed by atoms with Crippen LogP contribution < -0.4 is 5.73 Å². The predicted molar refractivity (Wildman–Crippen MR) is 58.4 cm³/mol. The van der Waals surface area contributed by atoms with Gasteiger partial charge in [0.05, 0.1) is 0 Å². The van der Waals surface area contributed by atoms with E-state index in [1.165, 1.54) is 19.1 Å². The zero-order valence-corrected chi connectivity index (χ0v) is 9.44. The fourth-order valence-electron chi connectivity index (χ4n) is 1.37. The average molecular weight is 230 g/mol. The Kier molecular flexibility index (Phi) is 3.83. The summed E-state index contributed by atoms with van der Waals surface area (Å²) in [5.41, 5.74) is 6.70. The van der Waals surface area contributed by atoms with Gasteiger partial charge in [0.15, 0.2) is 0 Å². The summed E-state index contributed by atoms with van der Waals surface area (Å²) >= 11 is 5.92. The molecule has 1 unspecified atom stereocenters.